The van der Waals surface area contributed by atoms with Crippen molar-refractivity contribution in [1.29, 1.82) is 0 Å². The Bertz CT molecular complexity index is 839. The maximum Gasteiger partial charge on any atom is 0.399 e. The normalized spacial score (nSPS) is 15.2. The summed E-state index contributed by atoms with van der Waals surface area (Å²) in [4.78, 5) is 19.8. The quantitative estimate of drug-likeness (QED) is 0.863. The molecule has 0 fully saturated rings. The number of rotatable bonds is 4. The number of halogens is 3. The number of alkyl halides is 3. The number of primary amides is 1. The molecule has 0 saturated heterocycles. The first kappa shape index (κ1) is 18.1. The van der Waals surface area contributed by atoms with E-state index in [1.54, 1.807) is 0 Å². The number of nitrogens with two attached hydrogens (primary N) is 1. The van der Waals surface area contributed by atoms with E-state index in [1.807, 2.05) is 0 Å². The van der Waals surface area contributed by atoms with Crippen molar-refractivity contribution in [2.75, 3.05) is 13.7 Å². The van der Waals surface area contributed by atoms with Crippen molar-refractivity contribution in [1.82, 2.24) is 15.3 Å². The molecule has 0 spiro atoms. The second kappa shape index (κ2) is 6.91. The van der Waals surface area contributed by atoms with Crippen LogP contribution >= 0.6 is 0 Å². The fourth-order valence-electron chi connectivity index (χ4n) is 3.09. The van der Waals surface area contributed by atoms with E-state index < -0.39 is 18.0 Å². The molecule has 1 aliphatic rings. The average molecular weight is 366 g/mol. The van der Waals surface area contributed by atoms with Crippen molar-refractivity contribution in [3.8, 4) is 5.88 Å². The highest BCUT2D eigenvalue weighted by atomic mass is 19.4. The van der Waals surface area contributed by atoms with Gasteiger partial charge in [0.15, 0.2) is 0 Å². The number of aromatic nitrogens is 2. The molecule has 3 N–H and O–H groups in total. The Morgan fingerprint density at radius 2 is 2.15 bits per heavy atom. The summed E-state index contributed by atoms with van der Waals surface area (Å²) >= 11 is 0. The van der Waals surface area contributed by atoms with E-state index in [-0.39, 0.29) is 22.7 Å². The first-order valence-corrected chi connectivity index (χ1v) is 7.91. The molecular weight excluding hydrogens is 349 g/mol. The molecule has 6 nitrogen and oxygen atoms in total. The number of amides is 1. The molecule has 2 aromatic rings. The van der Waals surface area contributed by atoms with Gasteiger partial charge in [-0.05, 0) is 30.2 Å². The van der Waals surface area contributed by atoms with Crippen LogP contribution in [0.25, 0.3) is 0 Å². The van der Waals surface area contributed by atoms with Gasteiger partial charge in [-0.3, -0.25) is 4.79 Å². The molecule has 0 aliphatic carbocycles. The van der Waals surface area contributed by atoms with Crippen LogP contribution in [0.15, 0.2) is 24.4 Å². The molecule has 138 valence electrons. The molecule has 3 rings (SSSR count). The van der Waals surface area contributed by atoms with E-state index in [2.05, 4.69) is 15.3 Å². The Labute approximate surface area is 147 Å². The summed E-state index contributed by atoms with van der Waals surface area (Å²) in [6, 6.07) is 3.84. The summed E-state index contributed by atoms with van der Waals surface area (Å²) in [5.74, 6) is -3.01. The third kappa shape index (κ3) is 3.48. The Hall–Kier alpha value is -2.68. The molecule has 2 aromatic heterocycles. The van der Waals surface area contributed by atoms with E-state index in [0.29, 0.717) is 30.8 Å². The Kier molecular flexibility index (Phi) is 4.82. The maximum absolute atomic E-state index is 13.9. The van der Waals surface area contributed by atoms with E-state index >= 15 is 0 Å². The Morgan fingerprint density at radius 3 is 2.81 bits per heavy atom. The topological polar surface area (TPSA) is 90.1 Å². The van der Waals surface area contributed by atoms with Gasteiger partial charge in [0, 0.05) is 24.4 Å². The molecule has 0 saturated carbocycles. The molecular formula is C17H17F3N4O2. The van der Waals surface area contributed by atoms with Gasteiger partial charge < -0.3 is 15.8 Å². The zero-order chi connectivity index (χ0) is 18.9. The van der Waals surface area contributed by atoms with Gasteiger partial charge in [-0.25, -0.2) is 9.97 Å². The second-order valence-corrected chi connectivity index (χ2v) is 5.93. The van der Waals surface area contributed by atoms with E-state index in [4.69, 9.17) is 10.5 Å². The first-order valence-electron chi connectivity index (χ1n) is 7.91. The minimum atomic E-state index is -4.65. The van der Waals surface area contributed by atoms with Crippen molar-refractivity contribution >= 4 is 5.91 Å². The summed E-state index contributed by atoms with van der Waals surface area (Å²) in [5, 5.41) is 3.07. The van der Waals surface area contributed by atoms with E-state index in [9.17, 15) is 18.0 Å². The van der Waals surface area contributed by atoms with Gasteiger partial charge in [-0.2, -0.15) is 13.2 Å². The highest BCUT2D eigenvalue weighted by molar-refractivity contribution is 5.93. The highest BCUT2D eigenvalue weighted by Crippen LogP contribution is 2.42. The number of methoxy groups -OCH3 is 1. The molecule has 1 atom stereocenters. The molecule has 1 amide bonds. The summed E-state index contributed by atoms with van der Waals surface area (Å²) in [6.07, 6.45) is -2.90. The van der Waals surface area contributed by atoms with E-state index in [0.717, 1.165) is 0 Å². The lowest BCUT2D eigenvalue weighted by Gasteiger charge is -2.25. The third-order valence-electron chi connectivity index (χ3n) is 4.26. The lowest BCUT2D eigenvalue weighted by molar-refractivity contribution is -0.141. The predicted octanol–water partition coefficient (Wildman–Crippen LogP) is 1.92. The standard InChI is InChI=1S/C17H17F3N4O2/c1-26-13-7-10(3-5-23-13)14(17(18,19)20)11-6-9-2-4-22-8-12(9)24-15(11)16(21)25/h3,5-7,14,22H,2,4,8H2,1H3,(H2,21,25). The number of fused-ring (bicyclic) bond motifs is 1. The van der Waals surface area contributed by atoms with Crippen LogP contribution in [0, 0.1) is 0 Å². The number of carbonyl (C=O) groups is 1. The molecule has 1 aliphatic heterocycles. The van der Waals surface area contributed by atoms with Crippen LogP contribution in [0.4, 0.5) is 13.2 Å². The van der Waals surface area contributed by atoms with Gasteiger partial charge in [0.2, 0.25) is 5.88 Å². The SMILES string of the molecule is COc1cc(C(c2cc3c(nc2C(N)=O)CNCC3)C(F)(F)F)ccn1. The summed E-state index contributed by atoms with van der Waals surface area (Å²) in [5.41, 5.74) is 5.84. The highest BCUT2D eigenvalue weighted by Gasteiger charge is 2.44. The molecule has 0 bridgehead atoms. The van der Waals surface area contributed by atoms with Gasteiger partial charge >= 0.3 is 6.18 Å². The van der Waals surface area contributed by atoms with Crippen LogP contribution in [0.1, 0.15) is 38.8 Å². The van der Waals surface area contributed by atoms with Gasteiger partial charge in [0.05, 0.1) is 12.8 Å². The largest absolute Gasteiger partial charge is 0.481 e. The summed E-state index contributed by atoms with van der Waals surface area (Å²) in [6.45, 7) is 1.01. The van der Waals surface area contributed by atoms with Crippen molar-refractivity contribution in [3.63, 3.8) is 0 Å². The molecule has 9 heteroatoms. The smallest absolute Gasteiger partial charge is 0.399 e. The van der Waals surface area contributed by atoms with Crippen molar-refractivity contribution in [3.05, 3.63) is 52.5 Å². The van der Waals surface area contributed by atoms with Crippen LogP contribution < -0.4 is 15.8 Å². The molecule has 0 aromatic carbocycles. The van der Waals surface area contributed by atoms with Gasteiger partial charge in [0.1, 0.15) is 11.6 Å². The monoisotopic (exact) mass is 366 g/mol. The van der Waals surface area contributed by atoms with Crippen molar-refractivity contribution < 1.29 is 22.7 Å². The Balaban J connectivity index is 2.22. The van der Waals surface area contributed by atoms with Crippen molar-refractivity contribution in [2.45, 2.75) is 25.1 Å². The maximum atomic E-state index is 13.9. The fourth-order valence-corrected chi connectivity index (χ4v) is 3.09. The summed E-state index contributed by atoms with van der Waals surface area (Å²) in [7, 11) is 1.32. The molecule has 3 heterocycles. The van der Waals surface area contributed by atoms with Crippen LogP contribution in [0.5, 0.6) is 5.88 Å². The van der Waals surface area contributed by atoms with Gasteiger partial charge in [0.25, 0.3) is 5.91 Å². The number of nitrogens with one attached hydrogen (secondary N) is 1. The van der Waals surface area contributed by atoms with E-state index in [1.165, 1.54) is 31.5 Å². The molecule has 26 heavy (non-hydrogen) atoms. The summed E-state index contributed by atoms with van der Waals surface area (Å²) < 4.78 is 46.8. The first-order chi connectivity index (χ1) is 12.3. The van der Waals surface area contributed by atoms with Crippen LogP contribution in [0.3, 0.4) is 0 Å². The van der Waals surface area contributed by atoms with Crippen LogP contribution in [-0.2, 0) is 13.0 Å². The third-order valence-corrected chi connectivity index (χ3v) is 4.26. The average Bonchev–Trinajstić information content (AvgIpc) is 2.60. The number of hydrogen-bond donors (Lipinski definition) is 2. The number of carbonyl (C=O) groups excluding carboxylic acids is 1. The molecule has 0 radical (unpaired) electrons. The zero-order valence-corrected chi connectivity index (χ0v) is 13.9. The van der Waals surface area contributed by atoms with Gasteiger partial charge in [-0.1, -0.05) is 6.07 Å². The van der Waals surface area contributed by atoms with Gasteiger partial charge in [-0.15, -0.1) is 0 Å². The number of nitrogens with zero attached hydrogens (tertiary/aromatic N) is 2. The predicted molar refractivity (Wildman–Crippen MR) is 86.9 cm³/mol. The lowest BCUT2D eigenvalue weighted by Crippen LogP contribution is -2.30. The second-order valence-electron chi connectivity index (χ2n) is 5.93. The molecule has 1 unspecified atom stereocenters. The number of hydrogen-bond acceptors (Lipinski definition) is 5. The number of ether oxygens (including phenoxy) is 1. The minimum Gasteiger partial charge on any atom is -0.481 e. The van der Waals surface area contributed by atoms with Crippen LogP contribution in [-0.4, -0.2) is 35.7 Å². The van der Waals surface area contributed by atoms with Crippen LogP contribution in [0.2, 0.25) is 0 Å². The minimum absolute atomic E-state index is 0.0486. The number of pyridine rings is 2. The fraction of sp³-hybridized carbons (Fsp3) is 0.353. The van der Waals surface area contributed by atoms with Crippen molar-refractivity contribution in [2.24, 2.45) is 5.73 Å². The zero-order valence-electron chi connectivity index (χ0n) is 13.9. The lowest BCUT2D eigenvalue weighted by atomic mass is 9.87. The Morgan fingerprint density at radius 1 is 1.38 bits per heavy atom.